The van der Waals surface area contributed by atoms with E-state index in [2.05, 4.69) is 75.6 Å². The minimum atomic E-state index is 0.150. The molecule has 8 nitrogen and oxygen atoms in total. The molecule has 0 spiro atoms. The van der Waals surface area contributed by atoms with Gasteiger partial charge < -0.3 is 24.8 Å². The van der Waals surface area contributed by atoms with Crippen molar-refractivity contribution in [2.75, 3.05) is 56.2 Å². The standard InChI is InChI=1S/C32H39N7O/c1-37-17-5-10-29(37)32(13-14-32)22-40-31-35-27-21-38(28-9-4-7-23-6-2-3-8-25(23)28)18-12-26(27)30(36-31)39-19-16-34-24(20-39)11-15-33/h2-4,6-9,24,29,34H,5,10-14,16-22H2,1H3/t24-,29+/m0/s1. The molecular formula is C32H39N7O. The van der Waals surface area contributed by atoms with E-state index in [0.717, 1.165) is 50.7 Å². The number of nitriles is 1. The number of rotatable bonds is 7. The van der Waals surface area contributed by atoms with Crippen LogP contribution in [0.25, 0.3) is 10.8 Å². The maximum Gasteiger partial charge on any atom is 0.318 e. The van der Waals surface area contributed by atoms with Crippen LogP contribution in [0.5, 0.6) is 6.01 Å². The van der Waals surface area contributed by atoms with E-state index in [1.165, 1.54) is 54.3 Å². The molecule has 1 aliphatic carbocycles. The zero-order valence-corrected chi connectivity index (χ0v) is 23.5. The molecule has 8 heteroatoms. The zero-order chi connectivity index (χ0) is 27.1. The summed E-state index contributed by atoms with van der Waals surface area (Å²) in [5, 5.41) is 15.4. The number of fused-ring (bicyclic) bond motifs is 2. The summed E-state index contributed by atoms with van der Waals surface area (Å²) in [5.41, 5.74) is 3.80. The summed E-state index contributed by atoms with van der Waals surface area (Å²) in [6, 6.07) is 18.8. The molecule has 2 atom stereocenters. The highest BCUT2D eigenvalue weighted by atomic mass is 16.5. The summed E-state index contributed by atoms with van der Waals surface area (Å²) >= 11 is 0. The second-order valence-corrected chi connectivity index (χ2v) is 12.2. The van der Waals surface area contributed by atoms with Gasteiger partial charge in [-0.25, -0.2) is 0 Å². The summed E-state index contributed by atoms with van der Waals surface area (Å²) < 4.78 is 6.52. The van der Waals surface area contributed by atoms with Crippen molar-refractivity contribution in [1.29, 1.82) is 5.26 Å². The Morgan fingerprint density at radius 3 is 2.77 bits per heavy atom. The molecule has 2 saturated heterocycles. The fourth-order valence-corrected chi connectivity index (χ4v) is 7.30. The van der Waals surface area contributed by atoms with Crippen LogP contribution in [0.15, 0.2) is 42.5 Å². The van der Waals surface area contributed by atoms with Gasteiger partial charge in [-0.2, -0.15) is 15.2 Å². The van der Waals surface area contributed by atoms with Crippen LogP contribution in [0.2, 0.25) is 0 Å². The van der Waals surface area contributed by atoms with E-state index in [9.17, 15) is 5.26 Å². The van der Waals surface area contributed by atoms with E-state index in [-0.39, 0.29) is 11.5 Å². The summed E-state index contributed by atoms with van der Waals surface area (Å²) in [7, 11) is 2.26. The van der Waals surface area contributed by atoms with Gasteiger partial charge in [0.2, 0.25) is 0 Å². The molecule has 0 unspecified atom stereocenters. The number of hydrogen-bond acceptors (Lipinski definition) is 8. The number of anilines is 2. The second-order valence-electron chi connectivity index (χ2n) is 12.2. The lowest BCUT2D eigenvalue weighted by atomic mass is 9.95. The molecule has 0 amide bonds. The second kappa shape index (κ2) is 10.5. The lowest BCUT2D eigenvalue weighted by Gasteiger charge is -2.37. The van der Waals surface area contributed by atoms with E-state index in [1.54, 1.807) is 0 Å². The third kappa shape index (κ3) is 4.76. The fourth-order valence-electron chi connectivity index (χ4n) is 7.30. The molecule has 0 radical (unpaired) electrons. The average Bonchev–Trinajstić information content (AvgIpc) is 3.65. The number of nitrogens with zero attached hydrogens (tertiary/aromatic N) is 6. The molecule has 1 N–H and O–H groups in total. The molecule has 4 aliphatic rings. The van der Waals surface area contributed by atoms with Gasteiger partial charge in [0.05, 0.1) is 31.3 Å². The first-order valence-corrected chi connectivity index (χ1v) is 14.9. The Balaban J connectivity index is 1.20. The van der Waals surface area contributed by atoms with E-state index < -0.39 is 0 Å². The predicted octanol–water partition coefficient (Wildman–Crippen LogP) is 4.14. The summed E-state index contributed by atoms with van der Waals surface area (Å²) in [6.07, 6.45) is 6.37. The monoisotopic (exact) mass is 537 g/mol. The Labute approximate surface area is 236 Å². The number of nitrogens with one attached hydrogen (secondary N) is 1. The topological polar surface area (TPSA) is 80.5 Å². The van der Waals surface area contributed by atoms with E-state index >= 15 is 0 Å². The Bertz CT molecular complexity index is 1430. The number of hydrogen-bond donors (Lipinski definition) is 1. The first-order valence-electron chi connectivity index (χ1n) is 14.9. The minimum Gasteiger partial charge on any atom is -0.463 e. The van der Waals surface area contributed by atoms with Crippen molar-refractivity contribution in [1.82, 2.24) is 20.2 Å². The van der Waals surface area contributed by atoms with Crippen LogP contribution < -0.4 is 19.9 Å². The van der Waals surface area contributed by atoms with Crippen molar-refractivity contribution in [3.63, 3.8) is 0 Å². The number of piperazine rings is 1. The van der Waals surface area contributed by atoms with Gasteiger partial charge in [-0.05, 0) is 57.1 Å². The summed E-state index contributed by atoms with van der Waals surface area (Å²) in [6.45, 7) is 6.02. The highest BCUT2D eigenvalue weighted by Gasteiger charge is 2.52. The largest absolute Gasteiger partial charge is 0.463 e. The lowest BCUT2D eigenvalue weighted by Crippen LogP contribution is -2.51. The van der Waals surface area contributed by atoms with Gasteiger partial charge in [0.15, 0.2) is 0 Å². The summed E-state index contributed by atoms with van der Waals surface area (Å²) in [4.78, 5) is 17.5. The third-order valence-corrected chi connectivity index (χ3v) is 9.63. The Kier molecular flexibility index (Phi) is 6.73. The summed E-state index contributed by atoms with van der Waals surface area (Å²) in [5.74, 6) is 1.00. The highest BCUT2D eigenvalue weighted by Crippen LogP contribution is 2.53. The zero-order valence-electron chi connectivity index (χ0n) is 23.5. The van der Waals surface area contributed by atoms with Gasteiger partial charge in [0.25, 0.3) is 0 Å². The molecule has 3 aromatic rings. The molecule has 40 heavy (non-hydrogen) atoms. The van der Waals surface area contributed by atoms with Crippen molar-refractivity contribution >= 4 is 22.3 Å². The van der Waals surface area contributed by atoms with E-state index in [0.29, 0.717) is 25.1 Å². The number of likely N-dealkylation sites (tertiary alicyclic amines) is 1. The molecule has 1 aromatic heterocycles. The Hall–Kier alpha value is -3.41. The van der Waals surface area contributed by atoms with Crippen LogP contribution in [0, 0.1) is 16.7 Å². The first kappa shape index (κ1) is 25.6. The van der Waals surface area contributed by atoms with Crippen molar-refractivity contribution < 1.29 is 4.74 Å². The maximum atomic E-state index is 9.32. The SMILES string of the molecule is CN1CCC[C@@H]1C1(COc2nc3c(c(N4CCN[C@@H](CC#N)C4)n2)CCN(c2cccc4ccccc24)C3)CC1. The van der Waals surface area contributed by atoms with E-state index in [1.807, 2.05) is 0 Å². The minimum absolute atomic E-state index is 0.150. The lowest BCUT2D eigenvalue weighted by molar-refractivity contribution is 0.132. The van der Waals surface area contributed by atoms with Crippen LogP contribution in [0.1, 0.15) is 43.4 Å². The number of aromatic nitrogens is 2. The van der Waals surface area contributed by atoms with Gasteiger partial charge in [-0.3, -0.25) is 0 Å². The highest BCUT2D eigenvalue weighted by molar-refractivity contribution is 5.94. The Morgan fingerprint density at radius 2 is 1.95 bits per heavy atom. The molecule has 208 valence electrons. The maximum absolute atomic E-state index is 9.32. The molecule has 3 aliphatic heterocycles. The van der Waals surface area contributed by atoms with Crippen LogP contribution in [0.3, 0.4) is 0 Å². The molecule has 7 rings (SSSR count). The average molecular weight is 538 g/mol. The van der Waals surface area contributed by atoms with Gasteiger partial charge >= 0.3 is 6.01 Å². The van der Waals surface area contributed by atoms with Gasteiger partial charge in [0, 0.05) is 60.3 Å². The molecule has 4 heterocycles. The van der Waals surface area contributed by atoms with Crippen molar-refractivity contribution in [2.45, 2.75) is 57.2 Å². The van der Waals surface area contributed by atoms with Gasteiger partial charge in [-0.1, -0.05) is 36.4 Å². The first-order chi connectivity index (χ1) is 19.6. The fraction of sp³-hybridized carbons (Fsp3) is 0.531. The van der Waals surface area contributed by atoms with Crippen molar-refractivity contribution in [3.05, 3.63) is 53.7 Å². The van der Waals surface area contributed by atoms with Crippen LogP contribution in [-0.2, 0) is 13.0 Å². The van der Waals surface area contributed by atoms with Gasteiger partial charge in [0.1, 0.15) is 5.82 Å². The predicted molar refractivity (Wildman–Crippen MR) is 158 cm³/mol. The van der Waals surface area contributed by atoms with Crippen LogP contribution >= 0.6 is 0 Å². The molecule has 2 aromatic carbocycles. The number of benzene rings is 2. The van der Waals surface area contributed by atoms with E-state index in [4.69, 9.17) is 14.7 Å². The van der Waals surface area contributed by atoms with Crippen molar-refractivity contribution in [3.8, 4) is 12.1 Å². The Morgan fingerprint density at radius 1 is 1.07 bits per heavy atom. The normalized spacial score (nSPS) is 24.1. The quantitative estimate of drug-likeness (QED) is 0.482. The number of ether oxygens (including phenoxy) is 1. The molecular weight excluding hydrogens is 498 g/mol. The van der Waals surface area contributed by atoms with Gasteiger partial charge in [-0.15, -0.1) is 0 Å². The van der Waals surface area contributed by atoms with Crippen LogP contribution in [0.4, 0.5) is 11.5 Å². The molecule has 3 fully saturated rings. The molecule has 0 bridgehead atoms. The third-order valence-electron chi connectivity index (χ3n) is 9.63. The van der Waals surface area contributed by atoms with Crippen LogP contribution in [-0.4, -0.2) is 73.3 Å². The smallest absolute Gasteiger partial charge is 0.318 e. The molecule has 1 saturated carbocycles. The van der Waals surface area contributed by atoms with Crippen molar-refractivity contribution in [2.24, 2.45) is 5.41 Å².